The minimum Gasteiger partial charge on any atom is -0.463 e. The van der Waals surface area contributed by atoms with Crippen LogP contribution < -0.4 is 17.2 Å². The van der Waals surface area contributed by atoms with Crippen LogP contribution in [0.25, 0.3) is 0 Å². The van der Waals surface area contributed by atoms with Gasteiger partial charge in [-0.25, -0.2) is 4.79 Å². The molecule has 16 heavy (non-hydrogen) atoms. The fourth-order valence-electron chi connectivity index (χ4n) is 1.00. The Morgan fingerprint density at radius 2 is 2.12 bits per heavy atom. The number of carbonyl (C=O) groups excluding carboxylic acids is 1. The molecule has 0 aliphatic rings. The Morgan fingerprint density at radius 1 is 1.56 bits per heavy atom. The lowest BCUT2D eigenvalue weighted by molar-refractivity contribution is -0.555. The number of guanidine groups is 1. The van der Waals surface area contributed by atoms with Crippen molar-refractivity contribution in [3.05, 3.63) is 10.1 Å². The summed E-state index contributed by atoms with van der Waals surface area (Å²) in [4.78, 5) is 24.5. The quantitative estimate of drug-likeness (QED) is 0.0922. The van der Waals surface area contributed by atoms with Crippen molar-refractivity contribution in [1.82, 2.24) is 0 Å². The van der Waals surface area contributed by atoms with Crippen LogP contribution in [0, 0.1) is 10.1 Å². The van der Waals surface area contributed by atoms with Crippen LogP contribution in [-0.4, -0.2) is 36.2 Å². The summed E-state index contributed by atoms with van der Waals surface area (Å²) < 4.78 is 4.26. The molecule has 0 aliphatic heterocycles. The Balaban J connectivity index is 4.41. The van der Waals surface area contributed by atoms with E-state index in [2.05, 4.69) is 9.73 Å². The summed E-state index contributed by atoms with van der Waals surface area (Å²) in [6, 6.07) is 0. The van der Waals surface area contributed by atoms with E-state index in [4.69, 9.17) is 17.2 Å². The molecule has 0 aliphatic carbocycles. The first-order chi connectivity index (χ1) is 7.34. The molecule has 0 spiro atoms. The summed E-state index contributed by atoms with van der Waals surface area (Å²) in [5.41, 5.74) is 13.2. The van der Waals surface area contributed by atoms with Gasteiger partial charge < -0.3 is 16.2 Å². The minimum atomic E-state index is -2.24. The Hall–Kier alpha value is -1.90. The molecule has 0 aromatic rings. The molecule has 0 saturated heterocycles. The van der Waals surface area contributed by atoms with Crippen LogP contribution in [0.15, 0.2) is 4.99 Å². The molecule has 0 radical (unpaired) electrons. The normalized spacial score (nSPS) is 13.6. The predicted octanol–water partition coefficient (Wildman–Crippen LogP) is -1.86. The third-order valence-electron chi connectivity index (χ3n) is 1.88. The van der Waals surface area contributed by atoms with E-state index < -0.39 is 16.6 Å². The fourth-order valence-corrected chi connectivity index (χ4v) is 1.00. The Morgan fingerprint density at radius 3 is 2.50 bits per heavy atom. The fraction of sp³-hybridized carbons (Fsp3) is 0.714. The third-order valence-corrected chi connectivity index (χ3v) is 1.88. The Labute approximate surface area is 91.8 Å². The monoisotopic (exact) mass is 233 g/mol. The van der Waals surface area contributed by atoms with Crippen LogP contribution in [0.2, 0.25) is 0 Å². The summed E-state index contributed by atoms with van der Waals surface area (Å²) in [6.45, 7) is 0.159. The topological polar surface area (TPSA) is 160 Å². The van der Waals surface area contributed by atoms with E-state index >= 15 is 0 Å². The summed E-state index contributed by atoms with van der Waals surface area (Å²) in [6.07, 6.45) is -0.00602. The number of carbonyl (C=O) groups is 1. The zero-order chi connectivity index (χ0) is 12.8. The van der Waals surface area contributed by atoms with Crippen molar-refractivity contribution in [2.24, 2.45) is 22.2 Å². The molecule has 1 atom stereocenters. The van der Waals surface area contributed by atoms with Gasteiger partial charge >= 0.3 is 11.6 Å². The van der Waals surface area contributed by atoms with E-state index in [0.29, 0.717) is 0 Å². The van der Waals surface area contributed by atoms with E-state index in [9.17, 15) is 14.9 Å². The van der Waals surface area contributed by atoms with Gasteiger partial charge in [0, 0.05) is 13.0 Å². The maximum atomic E-state index is 11.1. The van der Waals surface area contributed by atoms with Crippen LogP contribution in [0.3, 0.4) is 0 Å². The van der Waals surface area contributed by atoms with E-state index in [1.165, 1.54) is 0 Å². The molecular weight excluding hydrogens is 218 g/mol. The van der Waals surface area contributed by atoms with Gasteiger partial charge in [-0.1, -0.05) is 0 Å². The minimum absolute atomic E-state index is 0.123. The van der Waals surface area contributed by atoms with Crippen molar-refractivity contribution in [3.8, 4) is 0 Å². The predicted molar refractivity (Wildman–Crippen MR) is 55.8 cm³/mol. The molecule has 6 N–H and O–H groups in total. The number of nitro groups is 1. The molecular formula is C7H15N5O4. The number of hydrogen-bond donors (Lipinski definition) is 3. The van der Waals surface area contributed by atoms with Crippen molar-refractivity contribution in [1.29, 1.82) is 0 Å². The molecule has 0 aromatic heterocycles. The molecule has 0 amide bonds. The number of rotatable bonds is 6. The summed E-state index contributed by atoms with van der Waals surface area (Å²) in [7, 11) is 1.03. The second-order valence-corrected chi connectivity index (χ2v) is 3.08. The number of nitrogens with two attached hydrogens (primary N) is 3. The third kappa shape index (κ3) is 3.69. The highest BCUT2D eigenvalue weighted by atomic mass is 16.6. The number of esters is 1. The lowest BCUT2D eigenvalue weighted by Crippen LogP contribution is -2.55. The number of methoxy groups -OCH3 is 1. The SMILES string of the molecule is COC(=O)[C@@](N)(CCCN=C(N)N)[N+](=O)[O-]. The van der Waals surface area contributed by atoms with Gasteiger partial charge in [0.25, 0.3) is 0 Å². The van der Waals surface area contributed by atoms with Gasteiger partial charge in [-0.15, -0.1) is 0 Å². The van der Waals surface area contributed by atoms with Gasteiger partial charge in [0.2, 0.25) is 0 Å². The van der Waals surface area contributed by atoms with Crippen LogP contribution in [0.4, 0.5) is 0 Å². The summed E-state index contributed by atoms with van der Waals surface area (Å²) in [5, 5.41) is 10.6. The second kappa shape index (κ2) is 5.85. The standard InChI is InChI=1S/C7H15N5O4/c1-16-5(13)7(10,12(14)15)3-2-4-11-6(8)9/h2-4,10H2,1H3,(H4,8,9,11)/t7-/m1/s1. The lowest BCUT2D eigenvalue weighted by atomic mass is 10.1. The Kier molecular flexibility index (Phi) is 5.16. The maximum Gasteiger partial charge on any atom is 0.400 e. The molecule has 0 aromatic carbocycles. The van der Waals surface area contributed by atoms with Crippen molar-refractivity contribution in [2.45, 2.75) is 18.5 Å². The lowest BCUT2D eigenvalue weighted by Gasteiger charge is -2.16. The smallest absolute Gasteiger partial charge is 0.400 e. The molecule has 0 fully saturated rings. The molecule has 0 bridgehead atoms. The van der Waals surface area contributed by atoms with Crippen molar-refractivity contribution >= 4 is 11.9 Å². The van der Waals surface area contributed by atoms with Gasteiger partial charge in [0.15, 0.2) is 5.96 Å². The largest absolute Gasteiger partial charge is 0.463 e. The van der Waals surface area contributed by atoms with E-state index in [0.717, 1.165) is 7.11 Å². The van der Waals surface area contributed by atoms with Gasteiger partial charge in [-0.2, -0.15) is 0 Å². The van der Waals surface area contributed by atoms with Gasteiger partial charge in [0.05, 0.1) is 12.0 Å². The number of aliphatic imine (C=N–C) groups is 1. The zero-order valence-corrected chi connectivity index (χ0v) is 8.88. The van der Waals surface area contributed by atoms with Crippen molar-refractivity contribution in [3.63, 3.8) is 0 Å². The molecule has 0 unspecified atom stereocenters. The summed E-state index contributed by atoms with van der Waals surface area (Å²) >= 11 is 0. The number of nitrogens with zero attached hydrogens (tertiary/aromatic N) is 2. The zero-order valence-electron chi connectivity index (χ0n) is 8.88. The van der Waals surface area contributed by atoms with E-state index in [1.807, 2.05) is 0 Å². The molecule has 92 valence electrons. The average molecular weight is 233 g/mol. The first kappa shape index (κ1) is 14.1. The maximum absolute atomic E-state index is 11.1. The van der Waals surface area contributed by atoms with E-state index in [1.54, 1.807) is 0 Å². The van der Waals surface area contributed by atoms with Crippen LogP contribution in [0.5, 0.6) is 0 Å². The van der Waals surface area contributed by atoms with Crippen LogP contribution in [0.1, 0.15) is 12.8 Å². The summed E-state index contributed by atoms with van der Waals surface area (Å²) in [5.74, 6) is -1.22. The second-order valence-electron chi connectivity index (χ2n) is 3.08. The van der Waals surface area contributed by atoms with Gasteiger partial charge in [0.1, 0.15) is 0 Å². The molecule has 9 heteroatoms. The van der Waals surface area contributed by atoms with Crippen LogP contribution >= 0.6 is 0 Å². The average Bonchev–Trinajstić information content (AvgIpc) is 2.22. The van der Waals surface area contributed by atoms with Crippen molar-refractivity contribution < 1.29 is 14.5 Å². The van der Waals surface area contributed by atoms with Crippen LogP contribution in [-0.2, 0) is 9.53 Å². The molecule has 0 rings (SSSR count). The van der Waals surface area contributed by atoms with E-state index in [-0.39, 0.29) is 25.3 Å². The molecule has 0 heterocycles. The first-order valence-electron chi connectivity index (χ1n) is 4.41. The molecule has 0 saturated carbocycles. The number of hydrogen-bond acceptors (Lipinski definition) is 6. The Bertz CT molecular complexity index is 301. The molecule has 9 nitrogen and oxygen atoms in total. The number of ether oxygens (including phenoxy) is 1. The first-order valence-corrected chi connectivity index (χ1v) is 4.41. The highest BCUT2D eigenvalue weighted by Gasteiger charge is 2.47. The van der Waals surface area contributed by atoms with Crippen molar-refractivity contribution in [2.75, 3.05) is 13.7 Å². The highest BCUT2D eigenvalue weighted by Crippen LogP contribution is 2.12. The highest BCUT2D eigenvalue weighted by molar-refractivity contribution is 5.78. The van der Waals surface area contributed by atoms with Gasteiger partial charge in [-0.3, -0.25) is 20.8 Å². The van der Waals surface area contributed by atoms with Gasteiger partial charge in [-0.05, 0) is 6.42 Å².